The summed E-state index contributed by atoms with van der Waals surface area (Å²) in [7, 11) is 0. The van der Waals surface area contributed by atoms with E-state index in [0.29, 0.717) is 13.2 Å². The molecule has 0 N–H and O–H groups in total. The molecular weight excluding hydrogens is 202 g/mol. The van der Waals surface area contributed by atoms with Crippen molar-refractivity contribution in [3.63, 3.8) is 0 Å². The lowest BCUT2D eigenvalue weighted by molar-refractivity contribution is 0.171. The molecule has 0 saturated carbocycles. The van der Waals surface area contributed by atoms with Gasteiger partial charge in [0, 0.05) is 5.92 Å². The zero-order valence-electron chi connectivity index (χ0n) is 8.99. The molecule has 80 valence electrons. The first-order valence-corrected chi connectivity index (χ1v) is 5.35. The van der Waals surface area contributed by atoms with Crippen LogP contribution in [-0.4, -0.2) is 13.2 Å². The van der Waals surface area contributed by atoms with Crippen LogP contribution in [0.2, 0.25) is 0 Å². The van der Waals surface area contributed by atoms with Gasteiger partial charge in [-0.25, -0.2) is 0 Å². The van der Waals surface area contributed by atoms with Gasteiger partial charge in [0.05, 0.1) is 11.6 Å². The van der Waals surface area contributed by atoms with E-state index in [9.17, 15) is 0 Å². The van der Waals surface area contributed by atoms with E-state index in [4.69, 9.17) is 14.7 Å². The van der Waals surface area contributed by atoms with Crippen molar-refractivity contribution in [3.05, 3.63) is 29.3 Å². The molecule has 3 rings (SSSR count). The number of rotatable bonds is 0. The molecule has 0 bridgehead atoms. The molecule has 0 radical (unpaired) electrons. The van der Waals surface area contributed by atoms with Crippen molar-refractivity contribution in [2.45, 2.75) is 12.8 Å². The lowest BCUT2D eigenvalue weighted by atomic mass is 10.0. The Balaban J connectivity index is 2.17. The molecule has 3 heteroatoms. The first-order valence-electron chi connectivity index (χ1n) is 5.35. The maximum atomic E-state index is 9.04. The third-order valence-corrected chi connectivity index (χ3v) is 3.03. The van der Waals surface area contributed by atoms with Gasteiger partial charge in [-0.1, -0.05) is 13.0 Å². The van der Waals surface area contributed by atoms with Crippen molar-refractivity contribution in [2.24, 2.45) is 0 Å². The molecule has 1 aliphatic heterocycles. The third kappa shape index (κ3) is 1.20. The van der Waals surface area contributed by atoms with E-state index >= 15 is 0 Å². The Morgan fingerprint density at radius 2 is 1.94 bits per heavy atom. The number of hydrogen-bond acceptors (Lipinski definition) is 3. The van der Waals surface area contributed by atoms with Crippen LogP contribution in [0, 0.1) is 11.3 Å². The molecule has 0 saturated heterocycles. The maximum Gasteiger partial charge on any atom is 0.162 e. The summed E-state index contributed by atoms with van der Waals surface area (Å²) in [6.45, 7) is 3.25. The van der Waals surface area contributed by atoms with Gasteiger partial charge in [-0.2, -0.15) is 5.26 Å². The van der Waals surface area contributed by atoms with Crippen LogP contribution in [0.4, 0.5) is 0 Å². The second kappa shape index (κ2) is 3.28. The van der Waals surface area contributed by atoms with Crippen LogP contribution in [0.5, 0.6) is 11.5 Å². The van der Waals surface area contributed by atoms with Crippen LogP contribution in [0.3, 0.4) is 0 Å². The normalized spacial score (nSPS) is 21.0. The second-order valence-electron chi connectivity index (χ2n) is 4.06. The quantitative estimate of drug-likeness (QED) is 0.664. The maximum absolute atomic E-state index is 9.04. The molecule has 1 aromatic carbocycles. The highest BCUT2D eigenvalue weighted by molar-refractivity contribution is 5.84. The van der Waals surface area contributed by atoms with E-state index in [1.54, 1.807) is 0 Å². The number of nitrogens with zero attached hydrogens (tertiary/aromatic N) is 1. The summed E-state index contributed by atoms with van der Waals surface area (Å²) in [5.41, 5.74) is 2.87. The zero-order valence-corrected chi connectivity index (χ0v) is 8.99. The van der Waals surface area contributed by atoms with Gasteiger partial charge in [-0.15, -0.1) is 0 Å². The van der Waals surface area contributed by atoms with E-state index < -0.39 is 0 Å². The zero-order chi connectivity index (χ0) is 11.1. The fourth-order valence-corrected chi connectivity index (χ4v) is 2.24. The van der Waals surface area contributed by atoms with Gasteiger partial charge < -0.3 is 9.47 Å². The number of hydrogen-bond donors (Lipinski definition) is 0. The first-order chi connectivity index (χ1) is 7.79. The predicted molar refractivity (Wildman–Crippen MR) is 59.4 cm³/mol. The van der Waals surface area contributed by atoms with E-state index in [1.807, 2.05) is 18.2 Å². The summed E-state index contributed by atoms with van der Waals surface area (Å²) in [6.07, 6.45) is 1.98. The Kier molecular flexibility index (Phi) is 1.90. The summed E-state index contributed by atoms with van der Waals surface area (Å²) < 4.78 is 11.1. The fourth-order valence-electron chi connectivity index (χ4n) is 2.24. The molecule has 1 unspecified atom stereocenters. The van der Waals surface area contributed by atoms with Crippen LogP contribution in [0.25, 0.3) is 5.57 Å². The van der Waals surface area contributed by atoms with Crippen molar-refractivity contribution >= 4 is 5.57 Å². The standard InChI is InChI=1S/C13H11NO2/c1-8-4-9(7-14)11-6-13-12(5-10(8)11)15-2-3-16-13/h4-6,8H,2-3H2,1H3. The minimum Gasteiger partial charge on any atom is -0.486 e. The highest BCUT2D eigenvalue weighted by Gasteiger charge is 2.24. The lowest BCUT2D eigenvalue weighted by Gasteiger charge is -2.20. The molecule has 1 atom stereocenters. The van der Waals surface area contributed by atoms with Gasteiger partial charge >= 0.3 is 0 Å². The van der Waals surface area contributed by atoms with Crippen molar-refractivity contribution in [2.75, 3.05) is 13.2 Å². The Morgan fingerprint density at radius 3 is 2.62 bits per heavy atom. The van der Waals surface area contributed by atoms with Crippen molar-refractivity contribution in [3.8, 4) is 17.6 Å². The van der Waals surface area contributed by atoms with Crippen molar-refractivity contribution in [1.29, 1.82) is 5.26 Å². The van der Waals surface area contributed by atoms with Gasteiger partial charge in [-0.05, 0) is 23.3 Å². The van der Waals surface area contributed by atoms with Crippen LogP contribution < -0.4 is 9.47 Å². The van der Waals surface area contributed by atoms with Gasteiger partial charge in [0.25, 0.3) is 0 Å². The van der Waals surface area contributed by atoms with Gasteiger partial charge in [-0.3, -0.25) is 0 Å². The minimum atomic E-state index is 0.278. The first kappa shape index (κ1) is 9.29. The highest BCUT2D eigenvalue weighted by Crippen LogP contribution is 2.42. The summed E-state index contributed by atoms with van der Waals surface area (Å²) in [5.74, 6) is 1.82. The van der Waals surface area contributed by atoms with Gasteiger partial charge in [0.2, 0.25) is 0 Å². The fraction of sp³-hybridized carbons (Fsp3) is 0.308. The number of fused-ring (bicyclic) bond motifs is 2. The summed E-state index contributed by atoms with van der Waals surface area (Å²) in [5, 5.41) is 9.04. The molecule has 0 aromatic heterocycles. The molecule has 1 aromatic rings. The predicted octanol–water partition coefficient (Wildman–Crippen LogP) is 2.48. The Bertz CT molecular complexity index is 525. The van der Waals surface area contributed by atoms with Crippen molar-refractivity contribution in [1.82, 2.24) is 0 Å². The SMILES string of the molecule is CC1C=C(C#N)c2cc3c(cc21)OCCO3. The molecule has 0 spiro atoms. The minimum absolute atomic E-state index is 0.278. The smallest absolute Gasteiger partial charge is 0.162 e. The van der Waals surface area contributed by atoms with Crippen molar-refractivity contribution < 1.29 is 9.47 Å². The number of ether oxygens (including phenoxy) is 2. The second-order valence-corrected chi connectivity index (χ2v) is 4.06. The Labute approximate surface area is 93.9 Å². The average Bonchev–Trinajstić information content (AvgIpc) is 2.63. The molecular formula is C13H11NO2. The van der Waals surface area contributed by atoms with Crippen LogP contribution in [0.1, 0.15) is 24.0 Å². The monoisotopic (exact) mass is 213 g/mol. The molecule has 1 heterocycles. The van der Waals surface area contributed by atoms with Crippen LogP contribution in [-0.2, 0) is 0 Å². The summed E-state index contributed by atoms with van der Waals surface area (Å²) >= 11 is 0. The van der Waals surface area contributed by atoms with E-state index in [0.717, 1.165) is 28.2 Å². The van der Waals surface area contributed by atoms with E-state index in [-0.39, 0.29) is 5.92 Å². The molecule has 1 aliphatic carbocycles. The lowest BCUT2D eigenvalue weighted by Crippen LogP contribution is -2.15. The molecule has 16 heavy (non-hydrogen) atoms. The highest BCUT2D eigenvalue weighted by atomic mass is 16.6. The topological polar surface area (TPSA) is 42.2 Å². The summed E-state index contributed by atoms with van der Waals surface area (Å²) in [6, 6.07) is 6.14. The van der Waals surface area contributed by atoms with Gasteiger partial charge in [0.15, 0.2) is 11.5 Å². The largest absolute Gasteiger partial charge is 0.486 e. The number of nitriles is 1. The van der Waals surface area contributed by atoms with Gasteiger partial charge in [0.1, 0.15) is 13.2 Å². The van der Waals surface area contributed by atoms with Crippen LogP contribution in [0.15, 0.2) is 18.2 Å². The molecule has 2 aliphatic rings. The molecule has 0 amide bonds. The van der Waals surface area contributed by atoms with E-state index in [2.05, 4.69) is 13.0 Å². The third-order valence-electron chi connectivity index (χ3n) is 3.03. The Morgan fingerprint density at radius 1 is 1.25 bits per heavy atom. The molecule has 3 nitrogen and oxygen atoms in total. The number of allylic oxidation sites excluding steroid dienone is 2. The van der Waals surface area contributed by atoms with Crippen LogP contribution >= 0.6 is 0 Å². The summed E-state index contributed by atoms with van der Waals surface area (Å²) in [4.78, 5) is 0. The Hall–Kier alpha value is -1.95. The average molecular weight is 213 g/mol. The number of benzene rings is 1. The molecule has 0 fully saturated rings. The van der Waals surface area contributed by atoms with E-state index in [1.165, 1.54) is 0 Å².